The zero-order chi connectivity index (χ0) is 19.7. The molecule has 3 heterocycles. The van der Waals surface area contributed by atoms with Crippen LogP contribution in [0.5, 0.6) is 0 Å². The summed E-state index contributed by atoms with van der Waals surface area (Å²) in [5.41, 5.74) is 4.04. The number of piperidine rings is 1. The number of halogens is 1. The minimum atomic E-state index is -0.169. The van der Waals surface area contributed by atoms with Gasteiger partial charge in [-0.3, -0.25) is 9.88 Å². The van der Waals surface area contributed by atoms with Crippen molar-refractivity contribution in [2.75, 3.05) is 25.0 Å². The summed E-state index contributed by atoms with van der Waals surface area (Å²) in [7, 11) is 2.16. The molecule has 0 spiro atoms. The third-order valence-electron chi connectivity index (χ3n) is 5.82. The lowest BCUT2D eigenvalue weighted by Crippen LogP contribution is -2.43. The molecule has 1 fully saturated rings. The van der Waals surface area contributed by atoms with Gasteiger partial charge in [-0.25, -0.2) is 4.39 Å². The van der Waals surface area contributed by atoms with E-state index in [2.05, 4.69) is 38.1 Å². The van der Waals surface area contributed by atoms with Crippen LogP contribution in [0.3, 0.4) is 0 Å². The second-order valence-corrected chi connectivity index (χ2v) is 7.71. The van der Waals surface area contributed by atoms with Gasteiger partial charge in [-0.15, -0.1) is 5.10 Å². The molecule has 6 heteroatoms. The summed E-state index contributed by atoms with van der Waals surface area (Å²) in [5.74, 6) is 0.717. The van der Waals surface area contributed by atoms with Crippen molar-refractivity contribution in [3.05, 3.63) is 59.2 Å². The zero-order valence-electron chi connectivity index (χ0n) is 16.7. The standard InChI is InChI=1S/C22H26FN5/c1-15-13-18(23)7-6-17(15)14-27(3)19-8-11-28(12-9-19)22-21-20(5-4-10-24-21)16(2)25-26-22/h4-7,10,13,19H,8-9,11-12,14H2,1-3H3. The summed E-state index contributed by atoms with van der Waals surface area (Å²) in [4.78, 5) is 9.24. The van der Waals surface area contributed by atoms with Gasteiger partial charge in [-0.1, -0.05) is 6.07 Å². The van der Waals surface area contributed by atoms with Crippen LogP contribution in [0, 0.1) is 19.7 Å². The Morgan fingerprint density at radius 1 is 1.14 bits per heavy atom. The molecule has 0 bridgehead atoms. The van der Waals surface area contributed by atoms with E-state index in [1.54, 1.807) is 12.1 Å². The monoisotopic (exact) mass is 379 g/mol. The van der Waals surface area contributed by atoms with Crippen molar-refractivity contribution in [1.82, 2.24) is 20.1 Å². The highest BCUT2D eigenvalue weighted by atomic mass is 19.1. The van der Waals surface area contributed by atoms with E-state index >= 15 is 0 Å². The molecule has 28 heavy (non-hydrogen) atoms. The van der Waals surface area contributed by atoms with Crippen LogP contribution in [-0.2, 0) is 6.54 Å². The number of aromatic nitrogens is 3. The first-order valence-corrected chi connectivity index (χ1v) is 9.81. The van der Waals surface area contributed by atoms with Gasteiger partial charge in [-0.05, 0) is 69.1 Å². The van der Waals surface area contributed by atoms with Gasteiger partial charge < -0.3 is 4.90 Å². The Morgan fingerprint density at radius 2 is 1.93 bits per heavy atom. The molecule has 1 saturated heterocycles. The summed E-state index contributed by atoms with van der Waals surface area (Å²) in [6.45, 7) is 6.65. The number of rotatable bonds is 4. The Kier molecular flexibility index (Phi) is 5.22. The van der Waals surface area contributed by atoms with Gasteiger partial charge in [0, 0.05) is 37.3 Å². The Balaban J connectivity index is 1.44. The number of nitrogens with zero attached hydrogens (tertiary/aromatic N) is 5. The molecular weight excluding hydrogens is 353 g/mol. The van der Waals surface area contributed by atoms with Crippen molar-refractivity contribution in [2.24, 2.45) is 0 Å². The maximum Gasteiger partial charge on any atom is 0.177 e. The van der Waals surface area contributed by atoms with Crippen LogP contribution < -0.4 is 4.90 Å². The Labute approximate surface area is 165 Å². The second kappa shape index (κ2) is 7.80. The summed E-state index contributed by atoms with van der Waals surface area (Å²) in [6, 6.07) is 9.56. The maximum atomic E-state index is 13.3. The van der Waals surface area contributed by atoms with Crippen LogP contribution in [0.4, 0.5) is 10.2 Å². The van der Waals surface area contributed by atoms with Crippen LogP contribution in [0.1, 0.15) is 29.7 Å². The quantitative estimate of drug-likeness (QED) is 0.688. The van der Waals surface area contributed by atoms with Gasteiger partial charge in [0.1, 0.15) is 11.3 Å². The summed E-state index contributed by atoms with van der Waals surface area (Å²) in [5, 5.41) is 9.86. The molecule has 0 N–H and O–H groups in total. The minimum absolute atomic E-state index is 0.169. The average molecular weight is 379 g/mol. The maximum absolute atomic E-state index is 13.3. The van der Waals surface area contributed by atoms with E-state index in [0.29, 0.717) is 6.04 Å². The summed E-state index contributed by atoms with van der Waals surface area (Å²) in [6.07, 6.45) is 3.93. The number of aryl methyl sites for hydroxylation is 2. The fourth-order valence-electron chi connectivity index (χ4n) is 4.06. The number of hydrogen-bond acceptors (Lipinski definition) is 5. The third kappa shape index (κ3) is 3.69. The van der Waals surface area contributed by atoms with Gasteiger partial charge in [-0.2, -0.15) is 5.10 Å². The van der Waals surface area contributed by atoms with Crippen molar-refractivity contribution >= 4 is 16.7 Å². The fraction of sp³-hybridized carbons (Fsp3) is 0.409. The molecule has 0 atom stereocenters. The molecule has 1 aromatic carbocycles. The first-order valence-electron chi connectivity index (χ1n) is 9.81. The topological polar surface area (TPSA) is 45.2 Å². The molecule has 0 amide bonds. The molecule has 0 radical (unpaired) electrons. The van der Waals surface area contributed by atoms with Crippen LogP contribution in [0.25, 0.3) is 10.9 Å². The molecule has 2 aromatic heterocycles. The predicted molar refractivity (Wildman–Crippen MR) is 110 cm³/mol. The van der Waals surface area contributed by atoms with E-state index in [1.165, 1.54) is 5.56 Å². The van der Waals surface area contributed by atoms with Gasteiger partial charge in [0.25, 0.3) is 0 Å². The van der Waals surface area contributed by atoms with Crippen LogP contribution in [0.15, 0.2) is 36.5 Å². The lowest BCUT2D eigenvalue weighted by molar-refractivity contribution is 0.200. The number of pyridine rings is 1. The van der Waals surface area contributed by atoms with Gasteiger partial charge in [0.05, 0.1) is 5.69 Å². The van der Waals surface area contributed by atoms with Crippen molar-refractivity contribution in [1.29, 1.82) is 0 Å². The van der Waals surface area contributed by atoms with Gasteiger partial charge >= 0.3 is 0 Å². The fourth-order valence-corrected chi connectivity index (χ4v) is 4.06. The first-order chi connectivity index (χ1) is 13.5. The van der Waals surface area contributed by atoms with Crippen LogP contribution in [-0.4, -0.2) is 46.3 Å². The largest absolute Gasteiger partial charge is 0.353 e. The third-order valence-corrected chi connectivity index (χ3v) is 5.82. The highest BCUT2D eigenvalue weighted by Crippen LogP contribution is 2.27. The van der Waals surface area contributed by atoms with E-state index in [0.717, 1.165) is 60.5 Å². The van der Waals surface area contributed by atoms with Gasteiger partial charge in [0.15, 0.2) is 5.82 Å². The highest BCUT2D eigenvalue weighted by Gasteiger charge is 2.25. The average Bonchev–Trinajstić information content (AvgIpc) is 2.71. The van der Waals surface area contributed by atoms with Crippen molar-refractivity contribution in [3.63, 3.8) is 0 Å². The summed E-state index contributed by atoms with van der Waals surface area (Å²) < 4.78 is 13.3. The Morgan fingerprint density at radius 3 is 2.68 bits per heavy atom. The lowest BCUT2D eigenvalue weighted by Gasteiger charge is -2.37. The number of benzene rings is 1. The van der Waals surface area contributed by atoms with Crippen molar-refractivity contribution in [3.8, 4) is 0 Å². The molecule has 0 aliphatic carbocycles. The van der Waals surface area contributed by atoms with Crippen molar-refractivity contribution in [2.45, 2.75) is 39.3 Å². The van der Waals surface area contributed by atoms with Crippen LogP contribution >= 0.6 is 0 Å². The molecule has 1 aliphatic rings. The molecule has 1 aliphatic heterocycles. The van der Waals surface area contributed by atoms with E-state index in [1.807, 2.05) is 32.2 Å². The van der Waals surface area contributed by atoms with E-state index in [-0.39, 0.29) is 5.82 Å². The van der Waals surface area contributed by atoms with E-state index in [9.17, 15) is 4.39 Å². The van der Waals surface area contributed by atoms with Crippen LogP contribution in [0.2, 0.25) is 0 Å². The second-order valence-electron chi connectivity index (χ2n) is 7.71. The Hall–Kier alpha value is -2.60. The number of anilines is 1. The number of hydrogen-bond donors (Lipinski definition) is 0. The lowest BCUT2D eigenvalue weighted by atomic mass is 10.0. The van der Waals surface area contributed by atoms with Gasteiger partial charge in [0.2, 0.25) is 0 Å². The molecule has 146 valence electrons. The van der Waals surface area contributed by atoms with Crippen molar-refractivity contribution < 1.29 is 4.39 Å². The number of fused-ring (bicyclic) bond motifs is 1. The predicted octanol–water partition coefficient (Wildman–Crippen LogP) is 3.88. The van der Waals surface area contributed by atoms with E-state index in [4.69, 9.17) is 0 Å². The molecule has 5 nitrogen and oxygen atoms in total. The Bertz CT molecular complexity index is 982. The SMILES string of the molecule is Cc1cc(F)ccc1CN(C)C1CCN(c2nnc(C)c3cccnc23)CC1. The zero-order valence-corrected chi connectivity index (χ0v) is 16.7. The normalized spacial score (nSPS) is 15.5. The molecule has 0 saturated carbocycles. The van der Waals surface area contributed by atoms with E-state index < -0.39 is 0 Å². The molecular formula is C22H26FN5. The first kappa shape index (κ1) is 18.7. The minimum Gasteiger partial charge on any atom is -0.353 e. The smallest absolute Gasteiger partial charge is 0.177 e. The molecule has 4 rings (SSSR count). The summed E-state index contributed by atoms with van der Waals surface area (Å²) >= 11 is 0. The molecule has 0 unspecified atom stereocenters. The molecule has 3 aromatic rings. The highest BCUT2D eigenvalue weighted by molar-refractivity contribution is 5.89.